The molecule has 0 aliphatic carbocycles. The molecule has 0 bridgehead atoms. The number of rotatable bonds is 15. The van der Waals surface area contributed by atoms with Crippen molar-refractivity contribution in [2.24, 2.45) is 5.92 Å². The van der Waals surface area contributed by atoms with E-state index in [9.17, 15) is 0 Å². The number of unbranched alkanes of at least 4 members (excludes halogenated alkanes) is 9. The fraction of sp³-hybridized carbons (Fsp3) is 0.714. The van der Waals surface area contributed by atoms with Crippen LogP contribution in [0.25, 0.3) is 0 Å². The molecule has 132 valence electrons. The second-order valence-electron chi connectivity index (χ2n) is 7.03. The summed E-state index contributed by atoms with van der Waals surface area (Å²) in [5.41, 5.74) is 4.02. The Morgan fingerprint density at radius 3 is 1.83 bits per heavy atom. The molecule has 0 amide bonds. The second-order valence-corrected chi connectivity index (χ2v) is 7.03. The fourth-order valence-corrected chi connectivity index (χ4v) is 2.78. The van der Waals surface area contributed by atoms with Gasteiger partial charge in [-0.25, -0.2) is 0 Å². The summed E-state index contributed by atoms with van der Waals surface area (Å²) in [6.45, 7) is 5.44. The summed E-state index contributed by atoms with van der Waals surface area (Å²) in [6.07, 6.45) is 15.1. The van der Waals surface area contributed by atoms with Crippen LogP contribution in [0.1, 0.15) is 84.5 Å². The van der Waals surface area contributed by atoms with Gasteiger partial charge in [0.2, 0.25) is 0 Å². The van der Waals surface area contributed by atoms with Crippen molar-refractivity contribution in [1.82, 2.24) is 0 Å². The molecule has 0 saturated heterocycles. The van der Waals surface area contributed by atoms with Gasteiger partial charge in [-0.1, -0.05) is 96.3 Å². The van der Waals surface area contributed by atoms with Crippen molar-refractivity contribution in [2.75, 3.05) is 12.1 Å². The highest BCUT2D eigenvalue weighted by Crippen LogP contribution is 2.13. The van der Waals surface area contributed by atoms with Gasteiger partial charge in [-0.3, -0.25) is 10.3 Å². The minimum Gasteiger partial charge on any atom is -0.276 e. The Balaban J connectivity index is 1.73. The van der Waals surface area contributed by atoms with E-state index < -0.39 is 0 Å². The third kappa shape index (κ3) is 13.1. The van der Waals surface area contributed by atoms with Crippen LogP contribution in [0.4, 0.5) is 5.69 Å². The zero-order valence-corrected chi connectivity index (χ0v) is 15.4. The van der Waals surface area contributed by atoms with Crippen LogP contribution < -0.4 is 5.48 Å². The molecule has 23 heavy (non-hydrogen) atoms. The molecule has 0 aliphatic heterocycles. The summed E-state index contributed by atoms with van der Waals surface area (Å²) >= 11 is 0. The summed E-state index contributed by atoms with van der Waals surface area (Å²) in [5, 5.41) is 0. The fourth-order valence-electron chi connectivity index (χ4n) is 2.78. The molecule has 1 aromatic rings. The molecule has 0 aromatic heterocycles. The van der Waals surface area contributed by atoms with Crippen molar-refractivity contribution >= 4 is 5.69 Å². The van der Waals surface area contributed by atoms with Crippen LogP contribution in [-0.2, 0) is 4.84 Å². The lowest BCUT2D eigenvalue weighted by Crippen LogP contribution is -2.02. The Hall–Kier alpha value is -1.02. The summed E-state index contributed by atoms with van der Waals surface area (Å²) in [5.74, 6) is 0.877. The van der Waals surface area contributed by atoms with Crippen LogP contribution in [-0.4, -0.2) is 6.61 Å². The van der Waals surface area contributed by atoms with E-state index in [-0.39, 0.29) is 0 Å². The minimum absolute atomic E-state index is 0.796. The average Bonchev–Trinajstić information content (AvgIpc) is 2.56. The smallest absolute Gasteiger partial charge is 0.0746 e. The molecule has 0 radical (unpaired) electrons. The number of hydrogen-bond acceptors (Lipinski definition) is 2. The van der Waals surface area contributed by atoms with E-state index in [4.69, 9.17) is 4.84 Å². The van der Waals surface area contributed by atoms with Crippen LogP contribution in [0.2, 0.25) is 0 Å². The summed E-state index contributed by atoms with van der Waals surface area (Å²) < 4.78 is 0. The van der Waals surface area contributed by atoms with Crippen molar-refractivity contribution in [3.05, 3.63) is 30.3 Å². The van der Waals surface area contributed by atoms with Gasteiger partial charge in [0.25, 0.3) is 0 Å². The lowest BCUT2D eigenvalue weighted by Gasteiger charge is -2.07. The molecule has 2 heteroatoms. The average molecular weight is 320 g/mol. The summed E-state index contributed by atoms with van der Waals surface area (Å²) in [4.78, 5) is 5.47. The zero-order chi connectivity index (χ0) is 16.6. The molecule has 1 rings (SSSR count). The minimum atomic E-state index is 0.796. The molecule has 0 unspecified atom stereocenters. The van der Waals surface area contributed by atoms with E-state index in [0.29, 0.717) is 0 Å². The van der Waals surface area contributed by atoms with E-state index in [1.165, 1.54) is 64.2 Å². The maximum atomic E-state index is 5.47. The molecule has 0 spiro atoms. The Labute approximate surface area is 144 Å². The quantitative estimate of drug-likeness (QED) is 0.278. The van der Waals surface area contributed by atoms with Gasteiger partial charge in [-0.2, -0.15) is 0 Å². The predicted molar refractivity (Wildman–Crippen MR) is 102 cm³/mol. The van der Waals surface area contributed by atoms with E-state index >= 15 is 0 Å². The summed E-state index contributed by atoms with van der Waals surface area (Å²) in [7, 11) is 0. The molecule has 2 nitrogen and oxygen atoms in total. The van der Waals surface area contributed by atoms with Gasteiger partial charge in [-0.05, 0) is 24.5 Å². The molecule has 0 heterocycles. The van der Waals surface area contributed by atoms with Gasteiger partial charge >= 0.3 is 0 Å². The van der Waals surface area contributed by atoms with Gasteiger partial charge in [0.15, 0.2) is 0 Å². The highest BCUT2D eigenvalue weighted by molar-refractivity contribution is 5.39. The number of benzene rings is 1. The van der Waals surface area contributed by atoms with E-state index in [2.05, 4.69) is 19.3 Å². The van der Waals surface area contributed by atoms with Crippen LogP contribution in [0, 0.1) is 5.92 Å². The van der Waals surface area contributed by atoms with Crippen molar-refractivity contribution in [3.63, 3.8) is 0 Å². The third-order valence-corrected chi connectivity index (χ3v) is 4.24. The first-order chi connectivity index (χ1) is 11.3. The van der Waals surface area contributed by atoms with E-state index in [1.807, 2.05) is 30.3 Å². The first-order valence-corrected chi connectivity index (χ1v) is 9.72. The Morgan fingerprint density at radius 1 is 0.739 bits per heavy atom. The Kier molecular flexibility index (Phi) is 12.7. The van der Waals surface area contributed by atoms with Crippen LogP contribution in [0.15, 0.2) is 30.3 Å². The number of hydrogen-bond donors (Lipinski definition) is 1. The SMILES string of the molecule is CC(C)CCCCCCCCCCCCONc1ccccc1. The molecule has 0 saturated carbocycles. The van der Waals surface area contributed by atoms with E-state index in [0.717, 1.165) is 24.6 Å². The molecular weight excluding hydrogens is 282 g/mol. The van der Waals surface area contributed by atoms with Gasteiger partial charge in [0.1, 0.15) is 0 Å². The standard InChI is InChI=1S/C21H37NO/c1-20(2)16-12-9-7-5-3-4-6-8-10-15-19-23-22-21-17-13-11-14-18-21/h11,13-14,17-18,20,22H,3-10,12,15-16,19H2,1-2H3. The molecule has 0 aliphatic rings. The highest BCUT2D eigenvalue weighted by Gasteiger charge is 1.96. The van der Waals surface area contributed by atoms with Crippen molar-refractivity contribution < 1.29 is 4.84 Å². The largest absolute Gasteiger partial charge is 0.276 e. The first-order valence-electron chi connectivity index (χ1n) is 9.72. The van der Waals surface area contributed by atoms with Crippen LogP contribution in [0.5, 0.6) is 0 Å². The molecule has 1 N–H and O–H groups in total. The maximum Gasteiger partial charge on any atom is 0.0746 e. The number of anilines is 1. The van der Waals surface area contributed by atoms with Gasteiger partial charge in [0, 0.05) is 0 Å². The molecule has 0 atom stereocenters. The van der Waals surface area contributed by atoms with E-state index in [1.54, 1.807) is 0 Å². The lowest BCUT2D eigenvalue weighted by molar-refractivity contribution is 0.187. The predicted octanol–water partition coefficient (Wildman–Crippen LogP) is 6.98. The molecule has 0 fully saturated rings. The van der Waals surface area contributed by atoms with Gasteiger partial charge < -0.3 is 0 Å². The Bertz CT molecular complexity index is 350. The molecular formula is C21H37NO. The van der Waals surface area contributed by atoms with Crippen molar-refractivity contribution in [2.45, 2.75) is 84.5 Å². The van der Waals surface area contributed by atoms with Gasteiger partial charge in [-0.15, -0.1) is 0 Å². The van der Waals surface area contributed by atoms with Gasteiger partial charge in [0.05, 0.1) is 12.3 Å². The number of para-hydroxylation sites is 1. The van der Waals surface area contributed by atoms with Crippen LogP contribution in [0.3, 0.4) is 0 Å². The topological polar surface area (TPSA) is 21.3 Å². The lowest BCUT2D eigenvalue weighted by atomic mass is 10.0. The monoisotopic (exact) mass is 319 g/mol. The zero-order valence-electron chi connectivity index (χ0n) is 15.4. The number of nitrogens with one attached hydrogen (secondary N) is 1. The summed E-state index contributed by atoms with van der Waals surface area (Å²) in [6, 6.07) is 10.1. The van der Waals surface area contributed by atoms with Crippen LogP contribution >= 0.6 is 0 Å². The Morgan fingerprint density at radius 2 is 1.26 bits per heavy atom. The molecule has 1 aromatic carbocycles. The second kappa shape index (κ2) is 14.6. The van der Waals surface area contributed by atoms with Crippen molar-refractivity contribution in [3.8, 4) is 0 Å². The highest BCUT2D eigenvalue weighted by atomic mass is 16.6. The normalized spacial score (nSPS) is 11.1. The maximum absolute atomic E-state index is 5.47. The van der Waals surface area contributed by atoms with Crippen molar-refractivity contribution in [1.29, 1.82) is 0 Å². The third-order valence-electron chi connectivity index (χ3n) is 4.24. The first kappa shape index (κ1) is 20.0.